The summed E-state index contributed by atoms with van der Waals surface area (Å²) < 4.78 is 17.2. The van der Waals surface area contributed by atoms with E-state index in [1.54, 1.807) is 29.2 Å². The Morgan fingerprint density at radius 3 is 2.52 bits per heavy atom. The summed E-state index contributed by atoms with van der Waals surface area (Å²) in [6.07, 6.45) is 0. The van der Waals surface area contributed by atoms with Gasteiger partial charge in [0.05, 0.1) is 25.4 Å². The van der Waals surface area contributed by atoms with Crippen LogP contribution in [0.3, 0.4) is 0 Å². The number of nitrogens with zero attached hydrogens (tertiary/aromatic N) is 1. The van der Waals surface area contributed by atoms with Crippen molar-refractivity contribution in [1.29, 1.82) is 0 Å². The number of para-hydroxylation sites is 1. The molecule has 1 spiro atoms. The van der Waals surface area contributed by atoms with Crippen LogP contribution in [0.15, 0.2) is 42.5 Å². The summed E-state index contributed by atoms with van der Waals surface area (Å²) in [7, 11) is 0. The van der Waals surface area contributed by atoms with Crippen LogP contribution < -0.4 is 9.64 Å². The monoisotopic (exact) mass is 367 g/mol. The molecule has 0 saturated carbocycles. The Bertz CT molecular complexity index is 884. The van der Waals surface area contributed by atoms with Gasteiger partial charge in [0.1, 0.15) is 12.4 Å². The molecule has 1 saturated heterocycles. The molecule has 2 aromatic rings. The fraction of sp³-hybridized carbons (Fsp3) is 0.333. The van der Waals surface area contributed by atoms with E-state index in [2.05, 4.69) is 0 Å². The van der Waals surface area contributed by atoms with E-state index in [1.807, 2.05) is 25.1 Å². The third-order valence-corrected chi connectivity index (χ3v) is 4.93. The summed E-state index contributed by atoms with van der Waals surface area (Å²) in [5, 5.41) is 0. The largest absolute Gasteiger partial charge is 0.492 e. The van der Waals surface area contributed by atoms with E-state index < -0.39 is 5.79 Å². The van der Waals surface area contributed by atoms with Gasteiger partial charge in [-0.2, -0.15) is 0 Å². The molecule has 2 aliphatic heterocycles. The molecule has 1 fully saturated rings. The molecular formula is C21H21NO5. The number of ketones is 1. The van der Waals surface area contributed by atoms with Crippen molar-refractivity contribution in [2.75, 3.05) is 31.3 Å². The van der Waals surface area contributed by atoms with Crippen LogP contribution in [0.1, 0.15) is 28.4 Å². The number of carbonyl (C=O) groups excluding carboxylic acids is 2. The maximum absolute atomic E-state index is 13.1. The number of hydrogen-bond acceptors (Lipinski definition) is 5. The maximum atomic E-state index is 13.1. The zero-order chi connectivity index (χ0) is 19.0. The Morgan fingerprint density at radius 1 is 1.15 bits per heavy atom. The Balaban J connectivity index is 1.51. The van der Waals surface area contributed by atoms with E-state index in [9.17, 15) is 9.59 Å². The molecule has 2 heterocycles. The average Bonchev–Trinajstić information content (AvgIpc) is 3.24. The predicted octanol–water partition coefficient (Wildman–Crippen LogP) is 2.82. The van der Waals surface area contributed by atoms with Gasteiger partial charge in [0.25, 0.3) is 11.7 Å². The minimum atomic E-state index is -1.31. The smallest absolute Gasteiger partial charge is 0.292 e. The second-order valence-electron chi connectivity index (χ2n) is 6.67. The SMILES string of the molecule is CC(=O)c1ccc(OCCN2C(=O)C3(OCCO3)c3cccc(C)c32)cc1. The van der Waals surface area contributed by atoms with E-state index >= 15 is 0 Å². The van der Waals surface area contributed by atoms with Crippen LogP contribution in [0.2, 0.25) is 0 Å². The molecule has 6 nitrogen and oxygen atoms in total. The molecule has 4 rings (SSSR count). The van der Waals surface area contributed by atoms with Gasteiger partial charge in [0.2, 0.25) is 0 Å². The van der Waals surface area contributed by atoms with Crippen molar-refractivity contribution >= 4 is 17.4 Å². The lowest BCUT2D eigenvalue weighted by atomic mass is 10.0. The second-order valence-corrected chi connectivity index (χ2v) is 6.67. The minimum Gasteiger partial charge on any atom is -0.492 e. The van der Waals surface area contributed by atoms with Gasteiger partial charge in [-0.3, -0.25) is 9.59 Å². The summed E-state index contributed by atoms with van der Waals surface area (Å²) in [6.45, 7) is 4.97. The maximum Gasteiger partial charge on any atom is 0.292 e. The number of rotatable bonds is 5. The molecule has 0 N–H and O–H groups in total. The number of amides is 1. The first kappa shape index (κ1) is 17.7. The molecule has 0 aromatic heterocycles. The lowest BCUT2D eigenvalue weighted by Gasteiger charge is -2.22. The van der Waals surface area contributed by atoms with Crippen LogP contribution in [0.4, 0.5) is 5.69 Å². The quantitative estimate of drug-likeness (QED) is 0.761. The fourth-order valence-electron chi connectivity index (χ4n) is 3.62. The van der Waals surface area contributed by atoms with E-state index in [0.29, 0.717) is 37.7 Å². The zero-order valence-electron chi connectivity index (χ0n) is 15.4. The van der Waals surface area contributed by atoms with E-state index in [-0.39, 0.29) is 11.7 Å². The number of anilines is 1. The second kappa shape index (κ2) is 6.79. The Morgan fingerprint density at radius 2 is 1.85 bits per heavy atom. The van der Waals surface area contributed by atoms with Gasteiger partial charge >= 0.3 is 0 Å². The normalized spacial score (nSPS) is 17.4. The van der Waals surface area contributed by atoms with Crippen molar-refractivity contribution in [3.05, 3.63) is 59.2 Å². The van der Waals surface area contributed by atoms with Gasteiger partial charge in [-0.15, -0.1) is 0 Å². The molecule has 1 amide bonds. The molecule has 0 atom stereocenters. The van der Waals surface area contributed by atoms with Crippen molar-refractivity contribution in [3.8, 4) is 5.75 Å². The number of hydrogen-bond donors (Lipinski definition) is 0. The van der Waals surface area contributed by atoms with Crippen molar-refractivity contribution in [3.63, 3.8) is 0 Å². The zero-order valence-corrected chi connectivity index (χ0v) is 15.4. The molecule has 6 heteroatoms. The Labute approximate surface area is 157 Å². The summed E-state index contributed by atoms with van der Waals surface area (Å²) in [5.74, 6) is -0.859. The summed E-state index contributed by atoms with van der Waals surface area (Å²) in [6, 6.07) is 12.7. The van der Waals surface area contributed by atoms with Crippen molar-refractivity contribution in [1.82, 2.24) is 0 Å². The molecule has 0 aliphatic carbocycles. The van der Waals surface area contributed by atoms with E-state index in [1.165, 1.54) is 6.92 Å². The lowest BCUT2D eigenvalue weighted by molar-refractivity contribution is -0.180. The summed E-state index contributed by atoms with van der Waals surface area (Å²) in [5.41, 5.74) is 3.22. The van der Waals surface area contributed by atoms with Gasteiger partial charge in [0, 0.05) is 11.1 Å². The fourth-order valence-corrected chi connectivity index (χ4v) is 3.62. The first-order valence-electron chi connectivity index (χ1n) is 8.97. The average molecular weight is 367 g/mol. The van der Waals surface area contributed by atoms with Crippen molar-refractivity contribution in [2.45, 2.75) is 19.6 Å². The number of ether oxygens (including phenoxy) is 3. The molecular weight excluding hydrogens is 346 g/mol. The number of fused-ring (bicyclic) bond motifs is 2. The van der Waals surface area contributed by atoms with E-state index in [4.69, 9.17) is 14.2 Å². The molecule has 0 unspecified atom stereocenters. The number of Topliss-reactive ketones (excluding diaryl/α,β-unsaturated/α-hetero) is 1. The number of benzene rings is 2. The first-order valence-corrected chi connectivity index (χ1v) is 8.97. The summed E-state index contributed by atoms with van der Waals surface area (Å²) in [4.78, 5) is 26.1. The minimum absolute atomic E-state index is 0.0122. The van der Waals surface area contributed by atoms with Crippen LogP contribution in [0.25, 0.3) is 0 Å². The van der Waals surface area contributed by atoms with Crippen LogP contribution in [0.5, 0.6) is 5.75 Å². The Kier molecular flexibility index (Phi) is 4.45. The summed E-state index contributed by atoms with van der Waals surface area (Å²) >= 11 is 0. The molecule has 27 heavy (non-hydrogen) atoms. The van der Waals surface area contributed by atoms with Crippen molar-refractivity contribution in [2.24, 2.45) is 0 Å². The van der Waals surface area contributed by atoms with Crippen molar-refractivity contribution < 1.29 is 23.8 Å². The first-order chi connectivity index (χ1) is 13.0. The topological polar surface area (TPSA) is 65.1 Å². The Hall–Kier alpha value is -2.70. The van der Waals surface area contributed by atoms with Crippen LogP contribution >= 0.6 is 0 Å². The molecule has 0 bridgehead atoms. The highest BCUT2D eigenvalue weighted by atomic mass is 16.7. The third kappa shape index (κ3) is 2.91. The molecule has 2 aromatic carbocycles. The highest BCUT2D eigenvalue weighted by Gasteiger charge is 2.56. The molecule has 2 aliphatic rings. The predicted molar refractivity (Wildman–Crippen MR) is 99.1 cm³/mol. The number of carbonyl (C=O) groups is 2. The van der Waals surface area contributed by atoms with Crippen LogP contribution in [-0.2, 0) is 20.1 Å². The third-order valence-electron chi connectivity index (χ3n) is 4.93. The van der Waals surface area contributed by atoms with E-state index in [0.717, 1.165) is 16.8 Å². The van der Waals surface area contributed by atoms with Crippen LogP contribution in [-0.4, -0.2) is 38.1 Å². The van der Waals surface area contributed by atoms with Gasteiger partial charge < -0.3 is 19.1 Å². The van der Waals surface area contributed by atoms with Gasteiger partial charge in [0.15, 0.2) is 5.78 Å². The van der Waals surface area contributed by atoms with Gasteiger partial charge in [-0.05, 0) is 43.7 Å². The molecule has 140 valence electrons. The van der Waals surface area contributed by atoms with Gasteiger partial charge in [-0.1, -0.05) is 18.2 Å². The van der Waals surface area contributed by atoms with Gasteiger partial charge in [-0.25, -0.2) is 0 Å². The standard InChI is InChI=1S/C21H21NO5/c1-14-4-3-5-18-19(14)22(20(24)21(18)26-12-13-27-21)10-11-25-17-8-6-16(7-9-17)15(2)23/h3-9H,10-13H2,1-2H3. The highest BCUT2D eigenvalue weighted by molar-refractivity contribution is 6.07. The van der Waals surface area contributed by atoms with Crippen LogP contribution in [0, 0.1) is 6.92 Å². The lowest BCUT2D eigenvalue weighted by Crippen LogP contribution is -2.42. The number of aryl methyl sites for hydroxylation is 1. The molecule has 0 radical (unpaired) electrons. The highest BCUT2D eigenvalue weighted by Crippen LogP contribution is 2.46.